The van der Waals surface area contributed by atoms with Crippen molar-refractivity contribution in [1.82, 2.24) is 4.72 Å². The maximum atomic E-state index is 11.9. The average Bonchev–Trinajstić information content (AvgIpc) is 2.36. The molecular weight excluding hydrogens is 324 g/mol. The zero-order chi connectivity index (χ0) is 16.5. The largest absolute Gasteiger partial charge is 0.479 e. The highest BCUT2D eigenvalue weighted by Crippen LogP contribution is 2.15. The van der Waals surface area contributed by atoms with Crippen molar-refractivity contribution in [2.24, 2.45) is 5.14 Å². The average molecular weight is 338 g/mol. The van der Waals surface area contributed by atoms with Crippen LogP contribution < -0.4 is 9.86 Å². The monoisotopic (exact) mass is 338 g/mol. The van der Waals surface area contributed by atoms with Crippen LogP contribution in [0.2, 0.25) is 0 Å². The molecule has 11 heteroatoms. The van der Waals surface area contributed by atoms with Gasteiger partial charge >= 0.3 is 5.97 Å². The van der Waals surface area contributed by atoms with Crippen LogP contribution in [0.15, 0.2) is 34.1 Å². The predicted octanol–water partition coefficient (Wildman–Crippen LogP) is -1.55. The number of hydrogen-bond acceptors (Lipinski definition) is 6. The zero-order valence-corrected chi connectivity index (χ0v) is 12.5. The summed E-state index contributed by atoms with van der Waals surface area (Å²) in [6.07, 6.45) is 0. The fraction of sp³-hybridized carbons (Fsp3) is 0.300. The lowest BCUT2D eigenvalue weighted by atomic mass is 10.1. The van der Waals surface area contributed by atoms with Gasteiger partial charge in [0.2, 0.25) is 20.0 Å². The van der Waals surface area contributed by atoms with E-state index in [-0.39, 0.29) is 0 Å². The molecule has 0 aliphatic rings. The van der Waals surface area contributed by atoms with E-state index in [9.17, 15) is 26.7 Å². The molecule has 0 heterocycles. The summed E-state index contributed by atoms with van der Waals surface area (Å²) < 4.78 is 48.1. The fourth-order valence-corrected chi connectivity index (χ4v) is 3.02. The topological polar surface area (TPSA) is 164 Å². The molecule has 0 radical (unpaired) electrons. The number of aliphatic hydroxyl groups is 1. The van der Waals surface area contributed by atoms with Gasteiger partial charge < -0.3 is 10.2 Å². The number of carboxylic acids is 1. The molecular formula is C10H14N2O7S2. The molecule has 0 bridgehead atoms. The van der Waals surface area contributed by atoms with Gasteiger partial charge in [0.25, 0.3) is 0 Å². The molecule has 1 aromatic carbocycles. The van der Waals surface area contributed by atoms with Gasteiger partial charge in [0.05, 0.1) is 16.3 Å². The van der Waals surface area contributed by atoms with Crippen molar-refractivity contribution in [3.05, 3.63) is 24.3 Å². The van der Waals surface area contributed by atoms with Crippen molar-refractivity contribution in [3.8, 4) is 0 Å². The van der Waals surface area contributed by atoms with Gasteiger partial charge in [-0.15, -0.1) is 0 Å². The second-order valence-corrected chi connectivity index (χ2v) is 7.75. The molecule has 0 amide bonds. The van der Waals surface area contributed by atoms with Crippen molar-refractivity contribution in [1.29, 1.82) is 0 Å². The van der Waals surface area contributed by atoms with Crippen molar-refractivity contribution in [2.75, 3.05) is 6.54 Å². The maximum absolute atomic E-state index is 11.9. The lowest BCUT2D eigenvalue weighted by Gasteiger charge is -2.18. The number of nitrogens with one attached hydrogen (secondary N) is 1. The standard InChI is InChI=1S/C10H14N2O7S2/c1-10(15,9(13)14)6-12-21(18,19)8-4-2-3-7(5-8)20(11,16)17/h2-5,12,15H,6H2,1H3,(H,13,14)(H2,11,16,17). The van der Waals surface area contributed by atoms with Gasteiger partial charge in [-0.25, -0.2) is 31.5 Å². The molecule has 0 saturated heterocycles. The number of rotatable bonds is 6. The molecule has 118 valence electrons. The van der Waals surface area contributed by atoms with Crippen LogP contribution in [0.1, 0.15) is 6.92 Å². The Bertz CT molecular complexity index is 753. The number of aliphatic carboxylic acids is 1. The summed E-state index contributed by atoms with van der Waals surface area (Å²) in [7, 11) is -8.28. The summed E-state index contributed by atoms with van der Waals surface area (Å²) in [6.45, 7) is 0.128. The van der Waals surface area contributed by atoms with Crippen LogP contribution in [0, 0.1) is 0 Å². The van der Waals surface area contributed by atoms with Gasteiger partial charge in [0.15, 0.2) is 5.60 Å². The van der Waals surface area contributed by atoms with Gasteiger partial charge in [-0.3, -0.25) is 0 Å². The Kier molecular flexibility index (Phi) is 4.75. The quantitative estimate of drug-likeness (QED) is 0.487. The first kappa shape index (κ1) is 17.5. The number of hydrogen-bond donors (Lipinski definition) is 4. The number of sulfonamides is 2. The highest BCUT2D eigenvalue weighted by molar-refractivity contribution is 7.90. The smallest absolute Gasteiger partial charge is 0.336 e. The number of carbonyl (C=O) groups is 1. The number of carboxylic acid groups (broad SMARTS) is 1. The Morgan fingerprint density at radius 1 is 1.29 bits per heavy atom. The Morgan fingerprint density at radius 3 is 2.29 bits per heavy atom. The maximum Gasteiger partial charge on any atom is 0.336 e. The van der Waals surface area contributed by atoms with Crippen LogP contribution in [0.3, 0.4) is 0 Å². The molecule has 21 heavy (non-hydrogen) atoms. The Labute approximate surface area is 121 Å². The van der Waals surface area contributed by atoms with Gasteiger partial charge in [-0.2, -0.15) is 0 Å². The van der Waals surface area contributed by atoms with E-state index < -0.39 is 48.0 Å². The van der Waals surface area contributed by atoms with Crippen molar-refractivity contribution in [2.45, 2.75) is 22.3 Å². The summed E-state index contributed by atoms with van der Waals surface area (Å²) in [5, 5.41) is 23.0. The van der Waals surface area contributed by atoms with E-state index in [1.807, 2.05) is 4.72 Å². The number of nitrogens with two attached hydrogens (primary N) is 1. The zero-order valence-electron chi connectivity index (χ0n) is 10.8. The minimum atomic E-state index is -4.20. The van der Waals surface area contributed by atoms with E-state index >= 15 is 0 Å². The van der Waals surface area contributed by atoms with E-state index in [4.69, 9.17) is 10.2 Å². The number of primary sulfonamides is 1. The normalized spacial score (nSPS) is 15.4. The van der Waals surface area contributed by atoms with Crippen molar-refractivity contribution >= 4 is 26.0 Å². The first-order valence-corrected chi connectivity index (χ1v) is 8.47. The van der Waals surface area contributed by atoms with E-state index in [0.717, 1.165) is 25.1 Å². The molecule has 0 spiro atoms. The van der Waals surface area contributed by atoms with Crippen LogP contribution in [-0.2, 0) is 24.8 Å². The highest BCUT2D eigenvalue weighted by atomic mass is 32.2. The second kappa shape index (κ2) is 5.69. The number of benzene rings is 1. The Morgan fingerprint density at radius 2 is 1.81 bits per heavy atom. The molecule has 1 aromatic rings. The van der Waals surface area contributed by atoms with Crippen molar-refractivity contribution < 1.29 is 31.8 Å². The predicted molar refractivity (Wildman–Crippen MR) is 71.3 cm³/mol. The van der Waals surface area contributed by atoms with Crippen LogP contribution in [0.5, 0.6) is 0 Å². The van der Waals surface area contributed by atoms with Gasteiger partial charge in [0.1, 0.15) is 0 Å². The minimum Gasteiger partial charge on any atom is -0.479 e. The van der Waals surface area contributed by atoms with Crippen LogP contribution >= 0.6 is 0 Å². The van der Waals surface area contributed by atoms with E-state index in [1.165, 1.54) is 6.07 Å². The van der Waals surface area contributed by atoms with Crippen molar-refractivity contribution in [3.63, 3.8) is 0 Å². The minimum absolute atomic E-state index is 0.407. The lowest BCUT2D eigenvalue weighted by molar-refractivity contribution is -0.155. The molecule has 0 aliphatic carbocycles. The summed E-state index contributed by atoms with van der Waals surface area (Å²) in [6, 6.07) is 4.21. The fourth-order valence-electron chi connectivity index (χ4n) is 1.21. The molecule has 1 unspecified atom stereocenters. The highest BCUT2D eigenvalue weighted by Gasteiger charge is 2.32. The molecule has 0 fully saturated rings. The molecule has 0 saturated carbocycles. The third-order valence-corrected chi connectivity index (χ3v) is 4.82. The van der Waals surface area contributed by atoms with Crippen LogP contribution in [0.25, 0.3) is 0 Å². The molecule has 0 aromatic heterocycles. The SMILES string of the molecule is CC(O)(CNS(=O)(=O)c1cccc(S(N)(=O)=O)c1)C(=O)O. The third-order valence-electron chi connectivity index (χ3n) is 2.51. The second-order valence-electron chi connectivity index (χ2n) is 4.42. The summed E-state index contributed by atoms with van der Waals surface area (Å²) >= 11 is 0. The summed E-state index contributed by atoms with van der Waals surface area (Å²) in [5.74, 6) is -1.61. The van der Waals surface area contributed by atoms with Gasteiger partial charge in [-0.1, -0.05) is 6.07 Å². The third kappa shape index (κ3) is 4.47. The van der Waals surface area contributed by atoms with E-state index in [0.29, 0.717) is 0 Å². The van der Waals surface area contributed by atoms with Gasteiger partial charge in [-0.05, 0) is 25.1 Å². The summed E-state index contributed by atoms with van der Waals surface area (Å²) in [5.41, 5.74) is -2.30. The molecule has 1 atom stereocenters. The molecule has 9 nitrogen and oxygen atoms in total. The first-order valence-electron chi connectivity index (χ1n) is 5.44. The van der Waals surface area contributed by atoms with E-state index in [1.54, 1.807) is 0 Å². The van der Waals surface area contributed by atoms with Crippen LogP contribution in [-0.4, -0.2) is 45.2 Å². The Balaban J connectivity index is 3.08. The molecule has 1 rings (SSSR count). The van der Waals surface area contributed by atoms with Crippen LogP contribution in [0.4, 0.5) is 0 Å². The van der Waals surface area contributed by atoms with E-state index in [2.05, 4.69) is 0 Å². The Hall–Kier alpha value is -1.53. The first-order chi connectivity index (χ1) is 9.36. The molecule has 0 aliphatic heterocycles. The lowest BCUT2D eigenvalue weighted by Crippen LogP contribution is -2.46. The molecule has 5 N–H and O–H groups in total. The van der Waals surface area contributed by atoms with Gasteiger partial charge in [0, 0.05) is 0 Å². The summed E-state index contributed by atoms with van der Waals surface area (Å²) in [4.78, 5) is 9.85.